The Morgan fingerprint density at radius 1 is 1.04 bits per heavy atom. The zero-order valence-corrected chi connectivity index (χ0v) is 15.6. The summed E-state index contributed by atoms with van der Waals surface area (Å²) in [5.41, 5.74) is 6.47. The van der Waals surface area contributed by atoms with Gasteiger partial charge in [-0.05, 0) is 36.5 Å². The van der Waals surface area contributed by atoms with E-state index in [-0.39, 0.29) is 12.8 Å². The van der Waals surface area contributed by atoms with Crippen molar-refractivity contribution < 1.29 is 24.6 Å². The third-order valence-corrected chi connectivity index (χ3v) is 4.66. The Kier molecular flexibility index (Phi) is 6.89. The van der Waals surface area contributed by atoms with Gasteiger partial charge in [0.05, 0.1) is 12.0 Å². The number of benzene rings is 2. The van der Waals surface area contributed by atoms with E-state index >= 15 is 0 Å². The van der Waals surface area contributed by atoms with Gasteiger partial charge >= 0.3 is 17.8 Å². The summed E-state index contributed by atoms with van der Waals surface area (Å²) in [7, 11) is 0. The fourth-order valence-corrected chi connectivity index (χ4v) is 2.94. The van der Waals surface area contributed by atoms with Crippen molar-refractivity contribution in [3.63, 3.8) is 0 Å². The number of nitrogens with two attached hydrogens (primary N) is 1. The molecular formula is C21H24N2O5. The van der Waals surface area contributed by atoms with E-state index in [9.17, 15) is 24.6 Å². The number of aliphatic carboxylic acids is 1. The van der Waals surface area contributed by atoms with Crippen LogP contribution >= 0.6 is 0 Å². The van der Waals surface area contributed by atoms with Crippen LogP contribution in [0.4, 0.5) is 0 Å². The number of aliphatic hydroxyl groups is 1. The van der Waals surface area contributed by atoms with Crippen LogP contribution in [0.15, 0.2) is 54.6 Å². The van der Waals surface area contributed by atoms with Crippen LogP contribution in [-0.2, 0) is 20.8 Å². The predicted molar refractivity (Wildman–Crippen MR) is 104 cm³/mol. The lowest BCUT2D eigenvalue weighted by Gasteiger charge is -2.28. The molecule has 0 radical (unpaired) electrons. The largest absolute Gasteiger partial charge is 0.481 e. The molecule has 2 aromatic carbocycles. The Bertz CT molecular complexity index is 836. The van der Waals surface area contributed by atoms with Gasteiger partial charge in [-0.3, -0.25) is 14.4 Å². The van der Waals surface area contributed by atoms with Gasteiger partial charge in [0.1, 0.15) is 0 Å². The first kappa shape index (κ1) is 21.1. The van der Waals surface area contributed by atoms with Crippen LogP contribution < -0.4 is 11.1 Å². The average molecular weight is 384 g/mol. The molecule has 7 heteroatoms. The van der Waals surface area contributed by atoms with E-state index in [0.717, 1.165) is 16.7 Å². The molecule has 5 N–H and O–H groups in total. The Hall–Kier alpha value is -3.19. The third kappa shape index (κ3) is 5.40. The monoisotopic (exact) mass is 384 g/mol. The number of carbonyl (C=O) groups excluding carboxylic acids is 2. The van der Waals surface area contributed by atoms with Gasteiger partial charge < -0.3 is 21.3 Å². The highest BCUT2D eigenvalue weighted by molar-refractivity contribution is 6.34. The molecule has 0 bridgehead atoms. The maximum atomic E-state index is 11.7. The number of carboxylic acids is 1. The fourth-order valence-electron chi connectivity index (χ4n) is 2.94. The number of hydrogen-bond donors (Lipinski definition) is 4. The smallest absolute Gasteiger partial charge is 0.311 e. The van der Waals surface area contributed by atoms with Gasteiger partial charge in [-0.25, -0.2) is 0 Å². The highest BCUT2D eigenvalue weighted by Gasteiger charge is 2.36. The van der Waals surface area contributed by atoms with Crippen LogP contribution in [0.25, 0.3) is 11.1 Å². The predicted octanol–water partition coefficient (Wildman–Crippen LogP) is 1.34. The lowest BCUT2D eigenvalue weighted by Crippen LogP contribution is -2.47. The number of primary amides is 1. The molecule has 2 atom stereocenters. The number of hydrogen-bond acceptors (Lipinski definition) is 4. The van der Waals surface area contributed by atoms with Gasteiger partial charge in [0.2, 0.25) is 0 Å². The SMILES string of the molecule is C[C@@](CO)(C[C@@H](Cc1ccc(-c2ccccc2)cc1)NC(=O)C(N)=O)C(=O)O. The van der Waals surface area contributed by atoms with Crippen LogP contribution in [-0.4, -0.2) is 40.6 Å². The molecule has 0 fully saturated rings. The molecule has 7 nitrogen and oxygen atoms in total. The zero-order chi connectivity index (χ0) is 20.7. The summed E-state index contributed by atoms with van der Waals surface area (Å²) < 4.78 is 0. The molecule has 0 saturated carbocycles. The third-order valence-electron chi connectivity index (χ3n) is 4.66. The first-order valence-electron chi connectivity index (χ1n) is 8.84. The molecular weight excluding hydrogens is 360 g/mol. The molecule has 28 heavy (non-hydrogen) atoms. The summed E-state index contributed by atoms with van der Waals surface area (Å²) in [6.45, 7) is 0.787. The van der Waals surface area contributed by atoms with Gasteiger partial charge in [0.15, 0.2) is 0 Å². The van der Waals surface area contributed by atoms with Crippen LogP contribution in [0.1, 0.15) is 18.9 Å². The average Bonchev–Trinajstić information content (AvgIpc) is 2.68. The molecule has 0 aromatic heterocycles. The minimum Gasteiger partial charge on any atom is -0.481 e. The summed E-state index contributed by atoms with van der Waals surface area (Å²) in [5, 5.41) is 21.3. The van der Waals surface area contributed by atoms with E-state index < -0.39 is 35.8 Å². The Morgan fingerprint density at radius 2 is 1.61 bits per heavy atom. The van der Waals surface area contributed by atoms with E-state index in [4.69, 9.17) is 5.73 Å². The second-order valence-electron chi connectivity index (χ2n) is 7.03. The Labute approximate surface area is 163 Å². The lowest BCUT2D eigenvalue weighted by atomic mass is 9.82. The van der Waals surface area contributed by atoms with E-state index in [2.05, 4.69) is 5.32 Å². The minimum absolute atomic E-state index is 0.0573. The van der Waals surface area contributed by atoms with Crippen molar-refractivity contribution in [3.05, 3.63) is 60.2 Å². The number of rotatable bonds is 8. The van der Waals surface area contributed by atoms with Crippen molar-refractivity contribution in [1.29, 1.82) is 0 Å². The summed E-state index contributed by atoms with van der Waals surface area (Å²) in [6, 6.07) is 16.7. The van der Waals surface area contributed by atoms with E-state index in [1.54, 1.807) is 0 Å². The number of amides is 2. The topological polar surface area (TPSA) is 130 Å². The number of carboxylic acid groups (broad SMARTS) is 1. The summed E-state index contributed by atoms with van der Waals surface area (Å²) >= 11 is 0. The van der Waals surface area contributed by atoms with Gasteiger partial charge in [-0.1, -0.05) is 54.6 Å². The standard InChI is InChI=1S/C21H24N2O5/c1-21(13-24,20(27)28)12-17(23-19(26)18(22)25)11-14-7-9-16(10-8-14)15-5-3-2-4-6-15/h2-10,17,24H,11-13H2,1H3,(H2,22,25)(H,23,26)(H,27,28)/t17-,21+/m1/s1. The van der Waals surface area contributed by atoms with Crippen LogP contribution in [0.3, 0.4) is 0 Å². The van der Waals surface area contributed by atoms with Gasteiger partial charge in [0.25, 0.3) is 0 Å². The molecule has 0 spiro atoms. The molecule has 2 rings (SSSR count). The molecule has 0 aliphatic carbocycles. The second kappa shape index (κ2) is 9.14. The molecule has 0 aliphatic rings. The number of carbonyl (C=O) groups is 3. The van der Waals surface area contributed by atoms with Gasteiger partial charge in [0, 0.05) is 6.04 Å². The van der Waals surface area contributed by atoms with E-state index in [1.165, 1.54) is 6.92 Å². The quantitative estimate of drug-likeness (QED) is 0.510. The minimum atomic E-state index is -1.46. The van der Waals surface area contributed by atoms with Crippen molar-refractivity contribution in [2.45, 2.75) is 25.8 Å². The summed E-state index contributed by atoms with van der Waals surface area (Å²) in [6.07, 6.45) is 0.231. The highest BCUT2D eigenvalue weighted by atomic mass is 16.4. The van der Waals surface area contributed by atoms with Crippen molar-refractivity contribution in [2.75, 3.05) is 6.61 Å². The van der Waals surface area contributed by atoms with Gasteiger partial charge in [-0.2, -0.15) is 0 Å². The van der Waals surface area contributed by atoms with Crippen LogP contribution in [0.2, 0.25) is 0 Å². The molecule has 0 aliphatic heterocycles. The first-order valence-corrected chi connectivity index (χ1v) is 8.84. The van der Waals surface area contributed by atoms with Crippen molar-refractivity contribution in [3.8, 4) is 11.1 Å². The normalized spacial score (nSPS) is 13.9. The lowest BCUT2D eigenvalue weighted by molar-refractivity contribution is -0.151. The molecule has 2 amide bonds. The maximum absolute atomic E-state index is 11.7. The summed E-state index contributed by atoms with van der Waals surface area (Å²) in [5.74, 6) is -3.32. The van der Waals surface area contributed by atoms with Crippen LogP contribution in [0, 0.1) is 5.41 Å². The molecule has 0 heterocycles. The van der Waals surface area contributed by atoms with Crippen LogP contribution in [0.5, 0.6) is 0 Å². The van der Waals surface area contributed by atoms with Gasteiger partial charge in [-0.15, -0.1) is 0 Å². The number of nitrogens with one attached hydrogen (secondary N) is 1. The van der Waals surface area contributed by atoms with Crippen molar-refractivity contribution >= 4 is 17.8 Å². The fraction of sp³-hybridized carbons (Fsp3) is 0.286. The summed E-state index contributed by atoms with van der Waals surface area (Å²) in [4.78, 5) is 34.3. The first-order chi connectivity index (χ1) is 13.2. The molecule has 148 valence electrons. The maximum Gasteiger partial charge on any atom is 0.311 e. The Morgan fingerprint density at radius 3 is 2.11 bits per heavy atom. The second-order valence-corrected chi connectivity index (χ2v) is 7.03. The molecule has 0 saturated heterocycles. The van der Waals surface area contributed by atoms with Crippen molar-refractivity contribution in [2.24, 2.45) is 11.1 Å². The highest BCUT2D eigenvalue weighted by Crippen LogP contribution is 2.25. The molecule has 0 unspecified atom stereocenters. The van der Waals surface area contributed by atoms with Crippen molar-refractivity contribution in [1.82, 2.24) is 5.32 Å². The number of aliphatic hydroxyl groups excluding tert-OH is 1. The molecule has 2 aromatic rings. The van der Waals surface area contributed by atoms with E-state index in [1.807, 2.05) is 54.6 Å². The zero-order valence-electron chi connectivity index (χ0n) is 15.6. The Balaban J connectivity index is 2.20. The van der Waals surface area contributed by atoms with E-state index in [0.29, 0.717) is 0 Å².